The van der Waals surface area contributed by atoms with Crippen LogP contribution in [0.1, 0.15) is 37.2 Å². The molecule has 0 bridgehead atoms. The monoisotopic (exact) mass is 393 g/mol. The van der Waals surface area contributed by atoms with Crippen molar-refractivity contribution in [3.63, 3.8) is 0 Å². The summed E-state index contributed by atoms with van der Waals surface area (Å²) in [6, 6.07) is 15.8. The van der Waals surface area contributed by atoms with Crippen LogP contribution in [0.4, 0.5) is 11.4 Å². The molecular weight excluding hydrogens is 362 g/mol. The van der Waals surface area contributed by atoms with Crippen molar-refractivity contribution >= 4 is 17.7 Å². The number of nitrogens with one attached hydrogen (secondary N) is 3. The maximum Gasteiger partial charge on any atom is 0.142 e. The zero-order valence-electron chi connectivity index (χ0n) is 16.9. The summed E-state index contributed by atoms with van der Waals surface area (Å²) in [7, 11) is 0. The molecule has 0 amide bonds. The summed E-state index contributed by atoms with van der Waals surface area (Å²) in [5.41, 5.74) is 3.21. The topological polar surface area (TPSA) is 62.4 Å². The summed E-state index contributed by atoms with van der Waals surface area (Å²) < 4.78 is 6.05. The van der Waals surface area contributed by atoms with Crippen molar-refractivity contribution in [3.05, 3.63) is 54.1 Å². The fourth-order valence-corrected chi connectivity index (χ4v) is 4.44. The molecule has 2 aliphatic heterocycles. The van der Waals surface area contributed by atoms with E-state index in [4.69, 9.17) is 4.74 Å². The van der Waals surface area contributed by atoms with Gasteiger partial charge in [-0.25, -0.2) is 0 Å². The molecule has 5 heteroatoms. The van der Waals surface area contributed by atoms with Crippen molar-refractivity contribution in [2.75, 3.05) is 36.9 Å². The van der Waals surface area contributed by atoms with Gasteiger partial charge in [0, 0.05) is 23.8 Å². The largest absolute Gasteiger partial charge is 0.494 e. The third-order valence-corrected chi connectivity index (χ3v) is 6.05. The second-order valence-corrected chi connectivity index (χ2v) is 8.11. The number of piperidine rings is 1. The molecule has 4 rings (SSSR count). The Balaban J connectivity index is 1.35. The predicted molar refractivity (Wildman–Crippen MR) is 118 cm³/mol. The first-order valence-electron chi connectivity index (χ1n) is 10.8. The first-order chi connectivity index (χ1) is 14.3. The van der Waals surface area contributed by atoms with E-state index in [0.717, 1.165) is 67.6 Å². The highest BCUT2D eigenvalue weighted by molar-refractivity contribution is 5.71. The fraction of sp³-hybridized carbons (Fsp3) is 0.458. The smallest absolute Gasteiger partial charge is 0.142 e. The van der Waals surface area contributed by atoms with E-state index in [9.17, 15) is 4.79 Å². The molecule has 154 valence electrons. The van der Waals surface area contributed by atoms with E-state index >= 15 is 0 Å². The van der Waals surface area contributed by atoms with Crippen LogP contribution < -0.4 is 20.7 Å². The second kappa shape index (κ2) is 9.79. The summed E-state index contributed by atoms with van der Waals surface area (Å²) >= 11 is 0. The maximum atomic E-state index is 11.8. The van der Waals surface area contributed by atoms with Crippen LogP contribution in [0.5, 0.6) is 5.75 Å². The third kappa shape index (κ3) is 5.10. The van der Waals surface area contributed by atoms with Crippen molar-refractivity contribution in [3.8, 4) is 5.75 Å². The summed E-state index contributed by atoms with van der Waals surface area (Å²) in [6.45, 7) is 3.80. The molecule has 0 radical (unpaired) electrons. The van der Waals surface area contributed by atoms with Crippen LogP contribution in [0.25, 0.3) is 0 Å². The van der Waals surface area contributed by atoms with E-state index in [-0.39, 0.29) is 12.0 Å². The van der Waals surface area contributed by atoms with Gasteiger partial charge in [-0.05, 0) is 80.6 Å². The molecule has 2 aliphatic rings. The number of hydrogen-bond donors (Lipinski definition) is 3. The Morgan fingerprint density at radius 1 is 1.17 bits per heavy atom. The first kappa shape index (κ1) is 19.8. The summed E-state index contributed by atoms with van der Waals surface area (Å²) in [6.07, 6.45) is 5.94. The molecule has 3 atom stereocenters. The summed E-state index contributed by atoms with van der Waals surface area (Å²) in [5.74, 6) is 1.77. The number of anilines is 2. The van der Waals surface area contributed by atoms with Crippen molar-refractivity contribution in [2.45, 2.75) is 37.6 Å². The van der Waals surface area contributed by atoms with E-state index in [0.29, 0.717) is 0 Å². The van der Waals surface area contributed by atoms with Crippen molar-refractivity contribution in [2.24, 2.45) is 5.92 Å². The average molecular weight is 394 g/mol. The second-order valence-electron chi connectivity index (χ2n) is 8.11. The van der Waals surface area contributed by atoms with E-state index < -0.39 is 0 Å². The molecule has 2 heterocycles. The normalized spacial score (nSPS) is 21.7. The Morgan fingerprint density at radius 2 is 2.07 bits per heavy atom. The molecule has 1 fully saturated rings. The molecular formula is C24H31N3O2. The maximum absolute atomic E-state index is 11.8. The van der Waals surface area contributed by atoms with Crippen LogP contribution in [0.2, 0.25) is 0 Å². The summed E-state index contributed by atoms with van der Waals surface area (Å²) in [5, 5.41) is 10.3. The zero-order valence-corrected chi connectivity index (χ0v) is 16.9. The highest BCUT2D eigenvalue weighted by atomic mass is 16.5. The highest BCUT2D eigenvalue weighted by Crippen LogP contribution is 2.36. The third-order valence-electron chi connectivity index (χ3n) is 6.05. The molecule has 5 nitrogen and oxygen atoms in total. The number of para-hydroxylation sites is 1. The van der Waals surface area contributed by atoms with Crippen molar-refractivity contribution < 1.29 is 9.53 Å². The Hall–Kier alpha value is -2.53. The lowest BCUT2D eigenvalue weighted by molar-refractivity contribution is -0.108. The number of carbonyl (C=O) groups is 1. The number of fused-ring (bicyclic) bond motifs is 1. The predicted octanol–water partition coefficient (Wildman–Crippen LogP) is 4.03. The molecule has 2 aromatic carbocycles. The van der Waals surface area contributed by atoms with Gasteiger partial charge in [0.05, 0.1) is 12.6 Å². The lowest BCUT2D eigenvalue weighted by Gasteiger charge is -2.22. The highest BCUT2D eigenvalue weighted by Gasteiger charge is 2.30. The van der Waals surface area contributed by atoms with Gasteiger partial charge in [0.25, 0.3) is 0 Å². The fourth-order valence-electron chi connectivity index (χ4n) is 4.44. The quantitative estimate of drug-likeness (QED) is 0.443. The number of hydrogen-bond acceptors (Lipinski definition) is 5. The van der Waals surface area contributed by atoms with Gasteiger partial charge < -0.3 is 25.5 Å². The van der Waals surface area contributed by atoms with Gasteiger partial charge in [-0.2, -0.15) is 0 Å². The minimum absolute atomic E-state index is 0.0829. The number of ether oxygens (including phenoxy) is 1. The summed E-state index contributed by atoms with van der Waals surface area (Å²) in [4.78, 5) is 11.8. The molecule has 1 saturated heterocycles. The van der Waals surface area contributed by atoms with Crippen LogP contribution in [0.3, 0.4) is 0 Å². The van der Waals surface area contributed by atoms with Crippen LogP contribution in [-0.2, 0) is 4.79 Å². The van der Waals surface area contributed by atoms with Crippen molar-refractivity contribution in [1.82, 2.24) is 5.32 Å². The Bertz CT molecular complexity index is 790. The van der Waals surface area contributed by atoms with E-state index in [2.05, 4.69) is 28.1 Å². The molecule has 3 N–H and O–H groups in total. The van der Waals surface area contributed by atoms with Crippen LogP contribution >= 0.6 is 0 Å². The molecule has 0 saturated carbocycles. The lowest BCUT2D eigenvalue weighted by Crippen LogP contribution is -2.30. The standard InChI is InChI=1S/C24H31N3O2/c28-17-24(27-19-8-2-1-3-9-19)22-16-26-23-11-10-20(14-21(22)23)29-13-5-7-18-6-4-12-25-15-18/h1-3,8-11,14,17-18,22,24-27H,4-7,12-13,15-16H2. The first-order valence-corrected chi connectivity index (χ1v) is 10.8. The van der Waals surface area contributed by atoms with Gasteiger partial charge in [-0.3, -0.25) is 0 Å². The molecule has 3 unspecified atom stereocenters. The number of carbonyl (C=O) groups excluding carboxylic acids is 1. The van der Waals surface area contributed by atoms with Gasteiger partial charge in [0.2, 0.25) is 0 Å². The zero-order chi connectivity index (χ0) is 19.9. The minimum atomic E-state index is -0.278. The Labute approximate surface area is 173 Å². The van der Waals surface area contributed by atoms with Crippen LogP contribution in [-0.4, -0.2) is 38.6 Å². The van der Waals surface area contributed by atoms with Crippen molar-refractivity contribution in [1.29, 1.82) is 0 Å². The van der Waals surface area contributed by atoms with Gasteiger partial charge in [0.1, 0.15) is 12.0 Å². The number of benzene rings is 2. The van der Waals surface area contributed by atoms with Crippen LogP contribution in [0.15, 0.2) is 48.5 Å². The molecule has 0 aliphatic carbocycles. The SMILES string of the molecule is O=CC(Nc1ccccc1)C1CNc2ccc(OCCCC3CCCNC3)cc21. The van der Waals surface area contributed by atoms with Gasteiger partial charge in [-0.1, -0.05) is 18.2 Å². The number of rotatable bonds is 9. The van der Waals surface area contributed by atoms with E-state index in [1.54, 1.807) is 0 Å². The molecule has 29 heavy (non-hydrogen) atoms. The van der Waals surface area contributed by atoms with Gasteiger partial charge in [0.15, 0.2) is 0 Å². The Morgan fingerprint density at radius 3 is 2.86 bits per heavy atom. The van der Waals surface area contributed by atoms with E-state index in [1.807, 2.05) is 36.4 Å². The minimum Gasteiger partial charge on any atom is -0.494 e. The van der Waals surface area contributed by atoms with E-state index in [1.165, 1.54) is 19.3 Å². The van der Waals surface area contributed by atoms with Crippen LogP contribution in [0, 0.1) is 5.92 Å². The Kier molecular flexibility index (Phi) is 6.67. The molecule has 2 aromatic rings. The van der Waals surface area contributed by atoms with Gasteiger partial charge >= 0.3 is 0 Å². The molecule has 0 spiro atoms. The lowest BCUT2D eigenvalue weighted by atomic mass is 9.93. The number of aldehydes is 1. The average Bonchev–Trinajstić information content (AvgIpc) is 3.20. The van der Waals surface area contributed by atoms with Gasteiger partial charge in [-0.15, -0.1) is 0 Å². The molecule has 0 aromatic heterocycles.